The zero-order valence-corrected chi connectivity index (χ0v) is 8.00. The zero-order valence-electron chi connectivity index (χ0n) is 8.00. The van der Waals surface area contributed by atoms with Crippen molar-refractivity contribution in [2.75, 3.05) is 0 Å². The van der Waals surface area contributed by atoms with Gasteiger partial charge in [-0.3, -0.25) is 0 Å². The summed E-state index contributed by atoms with van der Waals surface area (Å²) in [5, 5.41) is 0. The first kappa shape index (κ1) is 11.4. The maximum absolute atomic E-state index is 3.87. The van der Waals surface area contributed by atoms with Gasteiger partial charge in [0.1, 0.15) is 0 Å². The molecule has 0 amide bonds. The van der Waals surface area contributed by atoms with E-state index in [1.165, 1.54) is 0 Å². The molecular weight excluding hydrogens is 156 g/mol. The molecule has 0 aliphatic rings. The number of rotatable bonds is 6. The monoisotopic (exact) mass is 172 g/mol. The highest BCUT2D eigenvalue weighted by molar-refractivity contribution is 5.43. The molecule has 0 aliphatic carbocycles. The van der Waals surface area contributed by atoms with Gasteiger partial charge < -0.3 is 0 Å². The van der Waals surface area contributed by atoms with E-state index in [0.29, 0.717) is 0 Å². The van der Waals surface area contributed by atoms with Crippen molar-refractivity contribution in [2.45, 2.75) is 6.42 Å². The molecule has 0 aromatic carbocycles. The fraction of sp³-hybridized carbons (Fsp3) is 0.0769. The quantitative estimate of drug-likeness (QED) is 0.420. The van der Waals surface area contributed by atoms with E-state index < -0.39 is 0 Å². The molecule has 0 aromatic heterocycles. The molecule has 0 nitrogen and oxygen atoms in total. The highest BCUT2D eigenvalue weighted by Crippen LogP contribution is 2.08. The van der Waals surface area contributed by atoms with Gasteiger partial charge in [0.2, 0.25) is 0 Å². The van der Waals surface area contributed by atoms with Crippen molar-refractivity contribution >= 4 is 0 Å². The molecule has 0 fully saturated rings. The van der Waals surface area contributed by atoms with Crippen LogP contribution >= 0.6 is 0 Å². The van der Waals surface area contributed by atoms with Gasteiger partial charge in [-0.2, -0.15) is 0 Å². The molecular formula is C13H16. The second-order valence-electron chi connectivity index (χ2n) is 2.57. The predicted octanol–water partition coefficient (Wildman–Crippen LogP) is 3.97. The minimum atomic E-state index is 0.859. The molecule has 0 bridgehead atoms. The van der Waals surface area contributed by atoms with E-state index in [4.69, 9.17) is 0 Å². The Morgan fingerprint density at radius 1 is 1.00 bits per heavy atom. The van der Waals surface area contributed by atoms with Crippen LogP contribution in [0.5, 0.6) is 0 Å². The van der Waals surface area contributed by atoms with Gasteiger partial charge in [0.25, 0.3) is 0 Å². The Bertz CT molecular complexity index is 262. The Morgan fingerprint density at radius 2 is 1.62 bits per heavy atom. The van der Waals surface area contributed by atoms with Gasteiger partial charge in [-0.15, -0.1) is 6.58 Å². The summed E-state index contributed by atoms with van der Waals surface area (Å²) in [5.74, 6) is 0. The lowest BCUT2D eigenvalue weighted by Gasteiger charge is -1.96. The largest absolute Gasteiger partial charge is 0.103 e. The van der Waals surface area contributed by atoms with Crippen molar-refractivity contribution in [1.29, 1.82) is 0 Å². The van der Waals surface area contributed by atoms with Gasteiger partial charge in [-0.1, -0.05) is 56.2 Å². The van der Waals surface area contributed by atoms with Gasteiger partial charge in [0, 0.05) is 0 Å². The summed E-state index contributed by atoms with van der Waals surface area (Å²) in [6, 6.07) is 0. The Hall–Kier alpha value is -1.56. The third kappa shape index (κ3) is 5.68. The SMILES string of the molecule is C=C/C=C\C(=C)C(=C)/C=C\CC=C. The van der Waals surface area contributed by atoms with Crippen molar-refractivity contribution in [2.24, 2.45) is 0 Å². The van der Waals surface area contributed by atoms with Crippen LogP contribution in [-0.2, 0) is 0 Å². The van der Waals surface area contributed by atoms with Crippen LogP contribution in [0.25, 0.3) is 0 Å². The Morgan fingerprint density at radius 3 is 2.15 bits per heavy atom. The van der Waals surface area contributed by atoms with Crippen LogP contribution in [0.3, 0.4) is 0 Å². The van der Waals surface area contributed by atoms with Crippen molar-refractivity contribution in [3.63, 3.8) is 0 Å². The zero-order chi connectivity index (χ0) is 10.1. The Balaban J connectivity index is 4.11. The van der Waals surface area contributed by atoms with E-state index in [0.717, 1.165) is 17.6 Å². The minimum Gasteiger partial charge on any atom is -0.103 e. The minimum absolute atomic E-state index is 0.859. The highest BCUT2D eigenvalue weighted by Gasteiger charge is 1.88. The molecule has 0 saturated carbocycles. The molecule has 68 valence electrons. The van der Waals surface area contributed by atoms with Gasteiger partial charge in [-0.25, -0.2) is 0 Å². The second-order valence-corrected chi connectivity index (χ2v) is 2.57. The maximum Gasteiger partial charge on any atom is -0.0169 e. The normalized spacial score (nSPS) is 10.5. The molecule has 0 heterocycles. The molecule has 0 aliphatic heterocycles. The first-order valence-electron chi connectivity index (χ1n) is 4.17. The van der Waals surface area contributed by atoms with Gasteiger partial charge in [0.05, 0.1) is 0 Å². The summed E-state index contributed by atoms with van der Waals surface area (Å²) < 4.78 is 0. The van der Waals surface area contributed by atoms with Crippen LogP contribution in [0.1, 0.15) is 6.42 Å². The molecule has 0 unspecified atom stereocenters. The van der Waals surface area contributed by atoms with E-state index in [1.807, 2.05) is 30.4 Å². The summed E-state index contributed by atoms with van der Waals surface area (Å²) in [6.07, 6.45) is 12.1. The summed E-state index contributed by atoms with van der Waals surface area (Å²) in [4.78, 5) is 0. The maximum atomic E-state index is 3.87. The summed E-state index contributed by atoms with van der Waals surface area (Å²) in [5.41, 5.74) is 1.82. The molecule has 0 heteroatoms. The van der Waals surface area contributed by atoms with Crippen LogP contribution in [0.4, 0.5) is 0 Å². The second kappa shape index (κ2) is 7.11. The average molecular weight is 172 g/mol. The molecule has 13 heavy (non-hydrogen) atoms. The highest BCUT2D eigenvalue weighted by atomic mass is 13.9. The predicted molar refractivity (Wildman–Crippen MR) is 61.6 cm³/mol. The van der Waals surface area contributed by atoms with Gasteiger partial charge >= 0.3 is 0 Å². The third-order valence-corrected chi connectivity index (χ3v) is 1.47. The van der Waals surface area contributed by atoms with Crippen LogP contribution in [0, 0.1) is 0 Å². The molecule has 0 saturated heterocycles. The fourth-order valence-electron chi connectivity index (χ4n) is 0.705. The lowest BCUT2D eigenvalue weighted by Crippen LogP contribution is -1.76. The molecule has 0 N–H and O–H groups in total. The van der Waals surface area contributed by atoms with Crippen LogP contribution in [0.15, 0.2) is 73.9 Å². The molecule has 0 aromatic rings. The van der Waals surface area contributed by atoms with E-state index in [1.54, 1.807) is 6.08 Å². The van der Waals surface area contributed by atoms with Crippen LogP contribution < -0.4 is 0 Å². The topological polar surface area (TPSA) is 0 Å². The first-order valence-corrected chi connectivity index (χ1v) is 4.17. The van der Waals surface area contributed by atoms with E-state index >= 15 is 0 Å². The van der Waals surface area contributed by atoms with Crippen LogP contribution in [-0.4, -0.2) is 0 Å². The van der Waals surface area contributed by atoms with E-state index in [9.17, 15) is 0 Å². The summed E-state index contributed by atoms with van der Waals surface area (Å²) >= 11 is 0. The molecule has 0 spiro atoms. The Labute approximate surface area is 81.0 Å². The number of hydrogen-bond acceptors (Lipinski definition) is 0. The molecule has 0 rings (SSSR count). The summed E-state index contributed by atoms with van der Waals surface area (Å²) in [7, 11) is 0. The van der Waals surface area contributed by atoms with Gasteiger partial charge in [-0.05, 0) is 17.6 Å². The van der Waals surface area contributed by atoms with E-state index in [2.05, 4.69) is 26.3 Å². The first-order chi connectivity index (χ1) is 6.22. The third-order valence-electron chi connectivity index (χ3n) is 1.47. The van der Waals surface area contributed by atoms with Crippen molar-refractivity contribution in [1.82, 2.24) is 0 Å². The van der Waals surface area contributed by atoms with Crippen LogP contribution in [0.2, 0.25) is 0 Å². The lowest BCUT2D eigenvalue weighted by molar-refractivity contribution is 1.39. The van der Waals surface area contributed by atoms with Crippen molar-refractivity contribution < 1.29 is 0 Å². The fourth-order valence-corrected chi connectivity index (χ4v) is 0.705. The molecule has 0 atom stereocenters. The van der Waals surface area contributed by atoms with Gasteiger partial charge in [0.15, 0.2) is 0 Å². The van der Waals surface area contributed by atoms with Crippen molar-refractivity contribution in [3.05, 3.63) is 73.9 Å². The Kier molecular flexibility index (Phi) is 6.26. The smallest absolute Gasteiger partial charge is 0.0169 e. The standard InChI is InChI=1S/C13H16/c1-5-7-9-11-13(4)12(3)10-8-6-2/h5-6,8-11H,1-4,7H2/b10-8-,11-9-. The number of hydrogen-bond donors (Lipinski definition) is 0. The molecule has 0 radical (unpaired) electrons. The average Bonchev–Trinajstić information content (AvgIpc) is 2.14. The number of allylic oxidation sites excluding steroid dienone is 8. The summed E-state index contributed by atoms with van der Waals surface area (Å²) in [6.45, 7) is 14.9. The van der Waals surface area contributed by atoms with E-state index in [-0.39, 0.29) is 0 Å². The van der Waals surface area contributed by atoms with Crippen molar-refractivity contribution in [3.8, 4) is 0 Å². The lowest BCUT2D eigenvalue weighted by atomic mass is 10.1.